The van der Waals surface area contributed by atoms with E-state index in [1.165, 1.54) is 5.56 Å². The molecule has 2 aliphatic rings. The highest BCUT2D eigenvalue weighted by atomic mass is 16.5. The summed E-state index contributed by atoms with van der Waals surface area (Å²) < 4.78 is 5.99. The van der Waals surface area contributed by atoms with E-state index in [-0.39, 0.29) is 17.4 Å². The molecule has 4 heteroatoms. The van der Waals surface area contributed by atoms with Gasteiger partial charge in [0.05, 0.1) is 11.8 Å². The summed E-state index contributed by atoms with van der Waals surface area (Å²) in [6.45, 7) is 4.16. The molecule has 0 amide bonds. The molecule has 2 heterocycles. The maximum atomic E-state index is 10.5. The van der Waals surface area contributed by atoms with Gasteiger partial charge < -0.3 is 15.3 Å². The van der Waals surface area contributed by atoms with E-state index in [2.05, 4.69) is 36.5 Å². The minimum absolute atomic E-state index is 0.159. The lowest BCUT2D eigenvalue weighted by molar-refractivity contribution is 0.0843. The van der Waals surface area contributed by atoms with Gasteiger partial charge in [-0.25, -0.2) is 0 Å². The first-order valence-corrected chi connectivity index (χ1v) is 8.44. The van der Waals surface area contributed by atoms with Crippen LogP contribution < -0.4 is 10.2 Å². The predicted octanol–water partition coefficient (Wildman–Crippen LogP) is 3.93. The van der Waals surface area contributed by atoms with Gasteiger partial charge >= 0.3 is 0 Å². The highest BCUT2D eigenvalue weighted by Gasteiger charge is 2.29. The van der Waals surface area contributed by atoms with Crippen molar-refractivity contribution in [3.8, 4) is 11.5 Å². The number of aryl methyl sites for hydroxylation is 1. The Labute approximate surface area is 142 Å². The van der Waals surface area contributed by atoms with Crippen molar-refractivity contribution in [1.82, 2.24) is 5.43 Å². The van der Waals surface area contributed by atoms with E-state index >= 15 is 0 Å². The Kier molecular flexibility index (Phi) is 3.48. The topological polar surface area (TPSA) is 53.9 Å². The van der Waals surface area contributed by atoms with E-state index in [0.29, 0.717) is 0 Å². The van der Waals surface area contributed by atoms with Crippen LogP contribution in [0.5, 0.6) is 11.5 Å². The molecule has 0 aliphatic carbocycles. The number of aromatic hydroxyl groups is 1. The fourth-order valence-corrected chi connectivity index (χ4v) is 3.41. The summed E-state index contributed by atoms with van der Waals surface area (Å²) in [6.07, 6.45) is 2.70. The molecule has 2 N–H and O–H groups in total. The Morgan fingerprint density at radius 1 is 1.21 bits per heavy atom. The van der Waals surface area contributed by atoms with Gasteiger partial charge in [0.2, 0.25) is 0 Å². The lowest BCUT2D eigenvalue weighted by Gasteiger charge is -2.33. The lowest BCUT2D eigenvalue weighted by Crippen LogP contribution is -2.32. The highest BCUT2D eigenvalue weighted by Crippen LogP contribution is 2.38. The van der Waals surface area contributed by atoms with Crippen LogP contribution in [0.2, 0.25) is 0 Å². The first-order valence-electron chi connectivity index (χ1n) is 8.44. The maximum Gasteiger partial charge on any atom is 0.128 e. The van der Waals surface area contributed by atoms with Gasteiger partial charge in [-0.15, -0.1) is 0 Å². The zero-order valence-electron chi connectivity index (χ0n) is 14.0. The Morgan fingerprint density at radius 2 is 2.00 bits per heavy atom. The van der Waals surface area contributed by atoms with Crippen LogP contribution in [-0.4, -0.2) is 16.4 Å². The third-order valence-corrected chi connectivity index (χ3v) is 4.83. The fraction of sp³-hybridized carbons (Fsp3) is 0.350. The molecule has 4 rings (SSSR count). The van der Waals surface area contributed by atoms with Crippen LogP contribution in [0.1, 0.15) is 49.4 Å². The first-order chi connectivity index (χ1) is 11.5. The largest absolute Gasteiger partial charge is 0.507 e. The van der Waals surface area contributed by atoms with Crippen molar-refractivity contribution in [1.29, 1.82) is 0 Å². The van der Waals surface area contributed by atoms with Crippen LogP contribution in [0.25, 0.3) is 0 Å². The zero-order chi connectivity index (χ0) is 16.7. The van der Waals surface area contributed by atoms with Crippen molar-refractivity contribution in [2.24, 2.45) is 5.10 Å². The molecule has 24 heavy (non-hydrogen) atoms. The second-order valence-corrected chi connectivity index (χ2v) is 7.19. The highest BCUT2D eigenvalue weighted by molar-refractivity contribution is 6.04. The van der Waals surface area contributed by atoms with E-state index in [0.717, 1.165) is 41.9 Å². The summed E-state index contributed by atoms with van der Waals surface area (Å²) >= 11 is 0. The summed E-state index contributed by atoms with van der Waals surface area (Å²) in [4.78, 5) is 0. The smallest absolute Gasteiger partial charge is 0.128 e. The Bertz CT molecular complexity index is 797. The van der Waals surface area contributed by atoms with Crippen LogP contribution in [-0.2, 0) is 6.42 Å². The average molecular weight is 322 g/mol. The van der Waals surface area contributed by atoms with Crippen molar-refractivity contribution in [2.45, 2.75) is 44.8 Å². The molecule has 4 nitrogen and oxygen atoms in total. The monoisotopic (exact) mass is 322 g/mol. The van der Waals surface area contributed by atoms with Crippen LogP contribution in [0, 0.1) is 0 Å². The van der Waals surface area contributed by atoms with Crippen molar-refractivity contribution in [3.05, 3.63) is 59.2 Å². The molecule has 0 aromatic heterocycles. The van der Waals surface area contributed by atoms with Crippen LogP contribution in [0.15, 0.2) is 47.6 Å². The molecular weight excluding hydrogens is 300 g/mol. The number of benzene rings is 2. The minimum Gasteiger partial charge on any atom is -0.507 e. The normalized spacial score (nSPS) is 21.4. The number of rotatable bonds is 2. The minimum atomic E-state index is -0.175. The van der Waals surface area contributed by atoms with Gasteiger partial charge in [0, 0.05) is 18.1 Å². The molecular formula is C20H22N2O2. The predicted molar refractivity (Wildman–Crippen MR) is 94.6 cm³/mol. The number of hydrogen-bond donors (Lipinski definition) is 2. The van der Waals surface area contributed by atoms with Gasteiger partial charge in [0.15, 0.2) is 0 Å². The molecule has 2 aliphatic heterocycles. The van der Waals surface area contributed by atoms with Gasteiger partial charge in [-0.2, -0.15) is 5.10 Å². The Morgan fingerprint density at radius 3 is 2.79 bits per heavy atom. The Balaban J connectivity index is 1.60. The second-order valence-electron chi connectivity index (χ2n) is 7.19. The van der Waals surface area contributed by atoms with E-state index in [1.807, 2.05) is 24.3 Å². The van der Waals surface area contributed by atoms with E-state index in [4.69, 9.17) is 4.74 Å². The van der Waals surface area contributed by atoms with Crippen molar-refractivity contribution in [2.75, 3.05) is 0 Å². The molecule has 0 saturated heterocycles. The standard InChI is InChI=1S/C20H22N2O2/c1-20(2)9-8-14-10-15(18(23)12-19(14)24-20)17-11-16(21-22-17)13-6-4-3-5-7-13/h3-7,10,12,16,21,23H,8-9,11H2,1-2H3. The molecule has 0 spiro atoms. The molecule has 0 radical (unpaired) electrons. The number of hydrogen-bond acceptors (Lipinski definition) is 4. The number of nitrogens with zero attached hydrogens (tertiary/aromatic N) is 1. The molecule has 1 atom stereocenters. The number of ether oxygens (including phenoxy) is 1. The van der Waals surface area contributed by atoms with Crippen molar-refractivity contribution >= 4 is 5.71 Å². The molecule has 124 valence electrons. The third-order valence-electron chi connectivity index (χ3n) is 4.83. The lowest BCUT2D eigenvalue weighted by atomic mass is 9.91. The van der Waals surface area contributed by atoms with Gasteiger partial charge in [-0.3, -0.25) is 0 Å². The van der Waals surface area contributed by atoms with Gasteiger partial charge in [-0.1, -0.05) is 30.3 Å². The van der Waals surface area contributed by atoms with Gasteiger partial charge in [-0.05, 0) is 43.9 Å². The number of phenolic OH excluding ortho intramolecular Hbond substituents is 1. The Hall–Kier alpha value is -2.49. The zero-order valence-corrected chi connectivity index (χ0v) is 14.0. The quantitative estimate of drug-likeness (QED) is 0.880. The summed E-state index contributed by atoms with van der Waals surface area (Å²) in [7, 11) is 0. The second kappa shape index (κ2) is 5.55. The van der Waals surface area contributed by atoms with Gasteiger partial charge in [0.25, 0.3) is 0 Å². The maximum absolute atomic E-state index is 10.5. The molecule has 2 aromatic carbocycles. The van der Waals surface area contributed by atoms with Crippen LogP contribution >= 0.6 is 0 Å². The van der Waals surface area contributed by atoms with Gasteiger partial charge in [0.1, 0.15) is 17.1 Å². The molecule has 2 aromatic rings. The number of fused-ring (bicyclic) bond motifs is 1. The van der Waals surface area contributed by atoms with Crippen LogP contribution in [0.4, 0.5) is 0 Å². The van der Waals surface area contributed by atoms with Crippen molar-refractivity contribution < 1.29 is 9.84 Å². The summed E-state index contributed by atoms with van der Waals surface area (Å²) in [6, 6.07) is 14.2. The SMILES string of the molecule is CC1(C)CCc2cc(C3=NNC(c4ccccc4)C3)c(O)cc2O1. The summed E-state index contributed by atoms with van der Waals surface area (Å²) in [5.74, 6) is 1.03. The number of nitrogens with one attached hydrogen (secondary N) is 1. The molecule has 0 bridgehead atoms. The summed E-state index contributed by atoms with van der Waals surface area (Å²) in [5, 5.41) is 14.9. The number of phenols is 1. The summed E-state index contributed by atoms with van der Waals surface area (Å²) in [5.41, 5.74) is 7.07. The van der Waals surface area contributed by atoms with E-state index in [1.54, 1.807) is 6.07 Å². The number of hydrazone groups is 1. The van der Waals surface area contributed by atoms with E-state index in [9.17, 15) is 5.11 Å². The molecule has 0 fully saturated rings. The average Bonchev–Trinajstić information content (AvgIpc) is 3.04. The van der Waals surface area contributed by atoms with Crippen LogP contribution in [0.3, 0.4) is 0 Å². The van der Waals surface area contributed by atoms with Crippen molar-refractivity contribution in [3.63, 3.8) is 0 Å². The first kappa shape index (κ1) is 15.1. The fourth-order valence-electron chi connectivity index (χ4n) is 3.41. The molecule has 1 unspecified atom stereocenters. The molecule has 0 saturated carbocycles. The van der Waals surface area contributed by atoms with E-state index < -0.39 is 0 Å². The third kappa shape index (κ3) is 2.73.